The molecule has 0 bridgehead atoms. The van der Waals surface area contributed by atoms with E-state index in [9.17, 15) is 14.4 Å². The highest BCUT2D eigenvalue weighted by molar-refractivity contribution is 5.98. The molecule has 0 radical (unpaired) electrons. The van der Waals surface area contributed by atoms with Gasteiger partial charge in [-0.05, 0) is 43.9 Å². The quantitative estimate of drug-likeness (QED) is 0.699. The number of amides is 1. The van der Waals surface area contributed by atoms with Gasteiger partial charge in [0.15, 0.2) is 12.6 Å². The Hall–Kier alpha value is -2.99. The topological polar surface area (TPSA) is 75.7 Å². The molecule has 0 fully saturated rings. The number of carbonyl (C=O) groups is 3. The normalized spacial score (nSPS) is 10.4. The van der Waals surface area contributed by atoms with Crippen molar-refractivity contribution >= 4 is 18.5 Å². The van der Waals surface area contributed by atoms with E-state index in [0.29, 0.717) is 31.3 Å². The number of hydrogen-bond donors (Lipinski definition) is 1. The third kappa shape index (κ3) is 5.53. The maximum atomic E-state index is 12.2. The zero-order valence-electron chi connectivity index (χ0n) is 14.9. The summed E-state index contributed by atoms with van der Waals surface area (Å²) in [7, 11) is 3.97. The molecular formula is C20H22N2O4. The van der Waals surface area contributed by atoms with E-state index < -0.39 is 0 Å². The van der Waals surface area contributed by atoms with Gasteiger partial charge in [0.2, 0.25) is 0 Å². The molecule has 2 rings (SSSR count). The molecule has 0 atom stereocenters. The first-order chi connectivity index (χ1) is 12.5. The first kappa shape index (κ1) is 19.3. The predicted molar refractivity (Wildman–Crippen MR) is 98.9 cm³/mol. The van der Waals surface area contributed by atoms with Crippen LogP contribution < -0.4 is 10.1 Å². The van der Waals surface area contributed by atoms with Gasteiger partial charge >= 0.3 is 0 Å². The Morgan fingerprint density at radius 2 is 1.73 bits per heavy atom. The molecule has 0 aliphatic carbocycles. The van der Waals surface area contributed by atoms with Crippen LogP contribution in [0.2, 0.25) is 0 Å². The first-order valence-corrected chi connectivity index (χ1v) is 8.22. The van der Waals surface area contributed by atoms with Crippen molar-refractivity contribution < 1.29 is 19.1 Å². The number of rotatable bonds is 9. The van der Waals surface area contributed by atoms with Gasteiger partial charge in [0.05, 0.1) is 0 Å². The molecule has 0 saturated carbocycles. The molecule has 0 aliphatic heterocycles. The molecule has 0 heterocycles. The molecule has 1 N–H and O–H groups in total. The number of benzene rings is 2. The Morgan fingerprint density at radius 3 is 2.35 bits per heavy atom. The summed E-state index contributed by atoms with van der Waals surface area (Å²) >= 11 is 0. The number of nitrogens with zero attached hydrogens (tertiary/aromatic N) is 1. The van der Waals surface area contributed by atoms with Crippen LogP contribution in [0.15, 0.2) is 42.5 Å². The van der Waals surface area contributed by atoms with Crippen LogP contribution in [-0.2, 0) is 6.54 Å². The van der Waals surface area contributed by atoms with Gasteiger partial charge in [-0.1, -0.05) is 18.2 Å². The lowest BCUT2D eigenvalue weighted by atomic mass is 10.1. The Kier molecular flexibility index (Phi) is 7.05. The van der Waals surface area contributed by atoms with Gasteiger partial charge in [0, 0.05) is 29.8 Å². The largest absolute Gasteiger partial charge is 0.492 e. The molecule has 6 nitrogen and oxygen atoms in total. The average Bonchev–Trinajstić information content (AvgIpc) is 2.66. The fraction of sp³-hybridized carbons (Fsp3) is 0.250. The molecule has 6 heteroatoms. The van der Waals surface area contributed by atoms with Gasteiger partial charge in [0.1, 0.15) is 12.4 Å². The number of nitrogens with one attached hydrogen (secondary N) is 1. The van der Waals surface area contributed by atoms with Crippen LogP contribution in [0.5, 0.6) is 5.75 Å². The second kappa shape index (κ2) is 9.48. The van der Waals surface area contributed by atoms with E-state index in [1.807, 2.05) is 43.3 Å². The van der Waals surface area contributed by atoms with Crippen molar-refractivity contribution in [3.05, 3.63) is 64.7 Å². The SMILES string of the molecule is CN(C)CCOc1ccc(CNC(=O)c2ccc(C=O)c(C=O)c2)cc1. The van der Waals surface area contributed by atoms with Gasteiger partial charge < -0.3 is 15.0 Å². The van der Waals surface area contributed by atoms with Crippen molar-refractivity contribution in [3.63, 3.8) is 0 Å². The molecule has 0 saturated heterocycles. The lowest BCUT2D eigenvalue weighted by Gasteiger charge is -2.11. The molecule has 0 unspecified atom stereocenters. The fourth-order valence-electron chi connectivity index (χ4n) is 2.26. The minimum absolute atomic E-state index is 0.201. The highest BCUT2D eigenvalue weighted by Gasteiger charge is 2.09. The molecule has 2 aromatic carbocycles. The second-order valence-electron chi connectivity index (χ2n) is 6.06. The van der Waals surface area contributed by atoms with Crippen LogP contribution in [-0.4, -0.2) is 50.6 Å². The Morgan fingerprint density at radius 1 is 1.04 bits per heavy atom. The molecule has 26 heavy (non-hydrogen) atoms. The summed E-state index contributed by atoms with van der Waals surface area (Å²) in [6, 6.07) is 11.9. The summed E-state index contributed by atoms with van der Waals surface area (Å²) < 4.78 is 5.62. The molecular weight excluding hydrogens is 332 g/mol. The Labute approximate surface area is 152 Å². The van der Waals surface area contributed by atoms with Gasteiger partial charge in [-0.15, -0.1) is 0 Å². The van der Waals surface area contributed by atoms with Crippen LogP contribution >= 0.6 is 0 Å². The summed E-state index contributed by atoms with van der Waals surface area (Å²) in [5.74, 6) is 0.471. The van der Waals surface area contributed by atoms with Gasteiger partial charge in [-0.25, -0.2) is 0 Å². The van der Waals surface area contributed by atoms with Gasteiger partial charge in [0.25, 0.3) is 5.91 Å². The number of hydrogen-bond acceptors (Lipinski definition) is 5. The molecule has 2 aromatic rings. The van der Waals surface area contributed by atoms with Crippen molar-refractivity contribution in [1.82, 2.24) is 10.2 Å². The lowest BCUT2D eigenvalue weighted by molar-refractivity contribution is 0.0950. The lowest BCUT2D eigenvalue weighted by Crippen LogP contribution is -2.23. The minimum atomic E-state index is -0.308. The monoisotopic (exact) mass is 354 g/mol. The number of likely N-dealkylation sites (N-methyl/N-ethyl adjacent to an activating group) is 1. The van der Waals surface area contributed by atoms with E-state index in [-0.39, 0.29) is 17.0 Å². The summed E-state index contributed by atoms with van der Waals surface area (Å²) in [5.41, 5.74) is 1.73. The highest BCUT2D eigenvalue weighted by Crippen LogP contribution is 2.13. The van der Waals surface area contributed by atoms with E-state index in [1.54, 1.807) is 0 Å². The van der Waals surface area contributed by atoms with Crippen molar-refractivity contribution in [1.29, 1.82) is 0 Å². The fourth-order valence-corrected chi connectivity index (χ4v) is 2.26. The standard InChI is InChI=1S/C20H22N2O4/c1-22(2)9-10-26-19-7-3-15(4-8-19)12-21-20(25)16-5-6-17(13-23)18(11-16)14-24/h3-8,11,13-14H,9-10,12H2,1-2H3,(H,21,25). The summed E-state index contributed by atoms with van der Waals surface area (Å²) in [4.78, 5) is 36.1. The summed E-state index contributed by atoms with van der Waals surface area (Å²) in [5, 5.41) is 2.79. The number of carbonyl (C=O) groups excluding carboxylic acids is 3. The maximum absolute atomic E-state index is 12.2. The molecule has 0 aliphatic rings. The maximum Gasteiger partial charge on any atom is 0.251 e. The molecule has 136 valence electrons. The van der Waals surface area contributed by atoms with E-state index in [2.05, 4.69) is 5.32 Å². The van der Waals surface area contributed by atoms with Crippen LogP contribution in [0.4, 0.5) is 0 Å². The van der Waals surface area contributed by atoms with Crippen molar-refractivity contribution in [2.45, 2.75) is 6.54 Å². The van der Waals surface area contributed by atoms with E-state index in [0.717, 1.165) is 17.9 Å². The molecule has 0 aromatic heterocycles. The highest BCUT2D eigenvalue weighted by atomic mass is 16.5. The average molecular weight is 354 g/mol. The van der Waals surface area contributed by atoms with Gasteiger partial charge in [-0.2, -0.15) is 0 Å². The van der Waals surface area contributed by atoms with Crippen molar-refractivity contribution in [3.8, 4) is 5.75 Å². The first-order valence-electron chi connectivity index (χ1n) is 8.22. The summed E-state index contributed by atoms with van der Waals surface area (Å²) in [6.45, 7) is 1.80. The third-order valence-electron chi connectivity index (χ3n) is 3.79. The second-order valence-corrected chi connectivity index (χ2v) is 6.06. The van der Waals surface area contributed by atoms with Gasteiger partial charge in [-0.3, -0.25) is 14.4 Å². The zero-order valence-corrected chi connectivity index (χ0v) is 14.9. The molecule has 0 spiro atoms. The predicted octanol–water partition coefficient (Wildman–Crippen LogP) is 2.18. The third-order valence-corrected chi connectivity index (χ3v) is 3.79. The van der Waals surface area contributed by atoms with Crippen LogP contribution in [0.1, 0.15) is 36.6 Å². The van der Waals surface area contributed by atoms with Crippen LogP contribution in [0, 0.1) is 0 Å². The minimum Gasteiger partial charge on any atom is -0.492 e. The van der Waals surface area contributed by atoms with Crippen LogP contribution in [0.3, 0.4) is 0 Å². The number of aldehydes is 2. The molecule has 1 amide bonds. The smallest absolute Gasteiger partial charge is 0.251 e. The van der Waals surface area contributed by atoms with E-state index >= 15 is 0 Å². The summed E-state index contributed by atoms with van der Waals surface area (Å²) in [6.07, 6.45) is 1.16. The van der Waals surface area contributed by atoms with Crippen molar-refractivity contribution in [2.24, 2.45) is 0 Å². The Bertz CT molecular complexity index is 770. The number of ether oxygens (including phenoxy) is 1. The zero-order chi connectivity index (χ0) is 18.9. The van der Waals surface area contributed by atoms with Crippen LogP contribution in [0.25, 0.3) is 0 Å². The Balaban J connectivity index is 1.91. The van der Waals surface area contributed by atoms with Crippen molar-refractivity contribution in [2.75, 3.05) is 27.2 Å². The van der Waals surface area contributed by atoms with E-state index in [1.165, 1.54) is 18.2 Å². The van der Waals surface area contributed by atoms with E-state index in [4.69, 9.17) is 4.74 Å².